The molecule has 1 aromatic heterocycles. The highest BCUT2D eigenvalue weighted by Gasteiger charge is 2.24. The first-order chi connectivity index (χ1) is 6.44. The van der Waals surface area contributed by atoms with Gasteiger partial charge in [0, 0.05) is 18.7 Å². The fourth-order valence-corrected chi connectivity index (χ4v) is 1.02. The highest BCUT2D eigenvalue weighted by atomic mass is 19.3. The van der Waals surface area contributed by atoms with Gasteiger partial charge in [0.25, 0.3) is 5.92 Å². The van der Waals surface area contributed by atoms with Gasteiger partial charge in [-0.3, -0.25) is 0 Å². The average molecular weight is 202 g/mol. The molecule has 0 atom stereocenters. The molecule has 0 saturated carbocycles. The second kappa shape index (κ2) is 3.73. The van der Waals surface area contributed by atoms with Crippen LogP contribution in [0.1, 0.15) is 19.7 Å². The van der Waals surface area contributed by atoms with Gasteiger partial charge >= 0.3 is 0 Å². The monoisotopic (exact) mass is 202 g/mol. The highest BCUT2D eigenvalue weighted by Crippen LogP contribution is 2.17. The summed E-state index contributed by atoms with van der Waals surface area (Å²) in [5, 5.41) is 3.70. The van der Waals surface area contributed by atoms with Gasteiger partial charge in [0.2, 0.25) is 0 Å². The summed E-state index contributed by atoms with van der Waals surface area (Å²) in [5.74, 6) is -2.44. The molecule has 0 aliphatic rings. The lowest BCUT2D eigenvalue weighted by molar-refractivity contribution is 0.000241. The van der Waals surface area contributed by atoms with E-state index >= 15 is 0 Å². The molecule has 1 aromatic rings. The zero-order valence-corrected chi connectivity index (χ0v) is 8.04. The zero-order chi connectivity index (χ0) is 10.8. The molecule has 0 aliphatic carbocycles. The molecule has 0 saturated heterocycles. The quantitative estimate of drug-likeness (QED) is 0.802. The molecular weight excluding hydrogens is 190 g/mol. The Bertz CT molecular complexity index is 337. The third-order valence-corrected chi connectivity index (χ3v) is 1.65. The predicted octanol–water partition coefficient (Wildman–Crippen LogP) is 1.25. The number of allylic oxidation sites excluding steroid dienone is 1. The molecule has 0 fully saturated rings. The molecule has 0 unspecified atom stereocenters. The van der Waals surface area contributed by atoms with Gasteiger partial charge < -0.3 is 5.73 Å². The second-order valence-corrected chi connectivity index (χ2v) is 3.16. The number of nitrogens with zero attached hydrogens (tertiary/aromatic N) is 3. The molecule has 2 N–H and O–H groups in total. The van der Waals surface area contributed by atoms with E-state index in [1.807, 2.05) is 0 Å². The number of halogens is 2. The van der Waals surface area contributed by atoms with Gasteiger partial charge in [0.1, 0.15) is 12.9 Å². The van der Waals surface area contributed by atoms with Crippen molar-refractivity contribution < 1.29 is 8.78 Å². The van der Waals surface area contributed by atoms with Crippen LogP contribution in [0.3, 0.4) is 0 Å². The third-order valence-electron chi connectivity index (χ3n) is 1.65. The summed E-state index contributed by atoms with van der Waals surface area (Å²) in [5.41, 5.74) is 5.88. The Morgan fingerprint density at radius 1 is 1.71 bits per heavy atom. The van der Waals surface area contributed by atoms with E-state index in [-0.39, 0.29) is 0 Å². The summed E-state index contributed by atoms with van der Waals surface area (Å²) in [6, 6.07) is 0. The average Bonchev–Trinajstić information content (AvgIpc) is 2.48. The fourth-order valence-electron chi connectivity index (χ4n) is 1.02. The van der Waals surface area contributed by atoms with Crippen molar-refractivity contribution in [1.29, 1.82) is 0 Å². The maximum atomic E-state index is 12.7. The van der Waals surface area contributed by atoms with Crippen LogP contribution in [0.4, 0.5) is 8.78 Å². The van der Waals surface area contributed by atoms with Crippen LogP contribution in [0.5, 0.6) is 0 Å². The van der Waals surface area contributed by atoms with Gasteiger partial charge in [-0.05, 0) is 6.92 Å². The normalized spacial score (nSPS) is 13.3. The van der Waals surface area contributed by atoms with E-state index in [0.717, 1.165) is 11.6 Å². The molecule has 0 aliphatic heterocycles. The van der Waals surface area contributed by atoms with Crippen molar-refractivity contribution in [3.63, 3.8) is 0 Å². The van der Waals surface area contributed by atoms with Gasteiger partial charge in [-0.2, -0.15) is 5.10 Å². The van der Waals surface area contributed by atoms with E-state index in [1.165, 1.54) is 12.5 Å². The van der Waals surface area contributed by atoms with Gasteiger partial charge in [0.15, 0.2) is 5.82 Å². The lowest BCUT2D eigenvalue weighted by Gasteiger charge is -2.11. The van der Waals surface area contributed by atoms with E-state index in [0.29, 0.717) is 11.4 Å². The van der Waals surface area contributed by atoms with Crippen molar-refractivity contribution in [3.8, 4) is 0 Å². The zero-order valence-electron chi connectivity index (χ0n) is 8.04. The molecule has 1 rings (SSSR count). The van der Waals surface area contributed by atoms with Gasteiger partial charge in [-0.15, -0.1) is 0 Å². The summed E-state index contributed by atoms with van der Waals surface area (Å²) in [6.45, 7) is 2.03. The topological polar surface area (TPSA) is 56.7 Å². The summed E-state index contributed by atoms with van der Waals surface area (Å²) in [6.07, 6.45) is 2.54. The Morgan fingerprint density at radius 2 is 2.36 bits per heavy atom. The van der Waals surface area contributed by atoms with Gasteiger partial charge in [0.05, 0.1) is 0 Å². The number of hydrogen-bond acceptors (Lipinski definition) is 3. The minimum Gasteiger partial charge on any atom is -0.404 e. The summed E-state index contributed by atoms with van der Waals surface area (Å²) >= 11 is 0. The minimum absolute atomic E-state index is 0.369. The molecule has 4 nitrogen and oxygen atoms in total. The Kier molecular flexibility index (Phi) is 2.83. The van der Waals surface area contributed by atoms with Crippen LogP contribution in [0.15, 0.2) is 12.5 Å². The van der Waals surface area contributed by atoms with Crippen LogP contribution in [0.2, 0.25) is 0 Å². The molecule has 0 aromatic carbocycles. The molecule has 0 spiro atoms. The Morgan fingerprint density at radius 3 is 2.86 bits per heavy atom. The van der Waals surface area contributed by atoms with E-state index in [9.17, 15) is 8.78 Å². The first kappa shape index (κ1) is 10.6. The number of hydrogen-bond donors (Lipinski definition) is 1. The first-order valence-electron chi connectivity index (χ1n) is 4.08. The van der Waals surface area contributed by atoms with Crippen molar-refractivity contribution in [2.75, 3.05) is 0 Å². The van der Waals surface area contributed by atoms with Crippen LogP contribution in [-0.4, -0.2) is 20.7 Å². The van der Waals surface area contributed by atoms with E-state index in [2.05, 4.69) is 10.1 Å². The Labute approximate surface area is 80.4 Å². The number of rotatable bonds is 3. The molecule has 6 heteroatoms. The van der Waals surface area contributed by atoms with Crippen molar-refractivity contribution in [2.45, 2.75) is 26.3 Å². The lowest BCUT2D eigenvalue weighted by Crippen LogP contribution is -2.21. The molecule has 0 radical (unpaired) electrons. The van der Waals surface area contributed by atoms with Gasteiger partial charge in [-0.1, -0.05) is 0 Å². The fraction of sp³-hybridized carbons (Fsp3) is 0.500. The second-order valence-electron chi connectivity index (χ2n) is 3.16. The molecule has 0 amide bonds. The van der Waals surface area contributed by atoms with Crippen molar-refractivity contribution in [1.82, 2.24) is 14.8 Å². The minimum atomic E-state index is -2.81. The van der Waals surface area contributed by atoms with Crippen molar-refractivity contribution in [3.05, 3.63) is 18.4 Å². The van der Waals surface area contributed by atoms with Gasteiger partial charge in [-0.25, -0.2) is 18.4 Å². The summed E-state index contributed by atoms with van der Waals surface area (Å²) in [4.78, 5) is 3.84. The first-order valence-corrected chi connectivity index (χ1v) is 4.08. The van der Waals surface area contributed by atoms with Crippen molar-refractivity contribution in [2.24, 2.45) is 5.73 Å². The molecular formula is C8H12F2N4. The van der Waals surface area contributed by atoms with Crippen LogP contribution in [-0.2, 0) is 6.54 Å². The maximum absolute atomic E-state index is 12.7. The SMILES string of the molecule is C/C(=C\N)c1ncnn1CC(C)(F)F. The standard InChI is InChI=1S/C8H12F2N4/c1-6(3-11)7-12-5-13-14(7)4-8(2,9)10/h3,5H,4,11H2,1-2H3/b6-3+. The van der Waals surface area contributed by atoms with Crippen LogP contribution >= 0.6 is 0 Å². The Balaban J connectivity index is 2.94. The Hall–Kier alpha value is -1.46. The number of nitrogens with two attached hydrogens (primary N) is 1. The number of alkyl halides is 2. The van der Waals surface area contributed by atoms with Crippen LogP contribution in [0.25, 0.3) is 5.57 Å². The largest absolute Gasteiger partial charge is 0.404 e. The molecule has 1 heterocycles. The lowest BCUT2D eigenvalue weighted by atomic mass is 10.3. The third kappa shape index (κ3) is 2.51. The predicted molar refractivity (Wildman–Crippen MR) is 48.5 cm³/mol. The van der Waals surface area contributed by atoms with Crippen LogP contribution < -0.4 is 5.73 Å². The summed E-state index contributed by atoms with van der Waals surface area (Å²) < 4.78 is 26.5. The van der Waals surface area contributed by atoms with E-state index in [1.54, 1.807) is 6.92 Å². The molecule has 78 valence electrons. The molecule has 14 heavy (non-hydrogen) atoms. The molecule has 0 bridgehead atoms. The van der Waals surface area contributed by atoms with Crippen molar-refractivity contribution >= 4 is 5.57 Å². The smallest absolute Gasteiger partial charge is 0.264 e. The number of aromatic nitrogens is 3. The summed E-state index contributed by atoms with van der Waals surface area (Å²) in [7, 11) is 0. The maximum Gasteiger partial charge on any atom is 0.264 e. The highest BCUT2D eigenvalue weighted by molar-refractivity contribution is 5.56. The van der Waals surface area contributed by atoms with Crippen LogP contribution in [0, 0.1) is 0 Å². The van der Waals surface area contributed by atoms with E-state index < -0.39 is 12.5 Å². The van der Waals surface area contributed by atoms with E-state index in [4.69, 9.17) is 5.73 Å².